The number of hydrogen-bond donors (Lipinski definition) is 1. The summed E-state index contributed by atoms with van der Waals surface area (Å²) in [6.45, 7) is 2.09. The summed E-state index contributed by atoms with van der Waals surface area (Å²) in [5.41, 5.74) is 8.88. The van der Waals surface area contributed by atoms with Crippen LogP contribution in [-0.2, 0) is 0 Å². The lowest BCUT2D eigenvalue weighted by molar-refractivity contribution is 0.698. The fraction of sp³-hybridized carbons (Fsp3) is 0.273. The zero-order chi connectivity index (χ0) is 11.4. The van der Waals surface area contributed by atoms with Gasteiger partial charge in [-0.2, -0.15) is 0 Å². The fourth-order valence-corrected chi connectivity index (χ4v) is 2.78. The molecular weight excluding hydrogens is 238 g/mol. The van der Waals surface area contributed by atoms with Gasteiger partial charge in [0, 0.05) is 10.9 Å². The van der Waals surface area contributed by atoms with Crippen molar-refractivity contribution in [2.75, 3.05) is 0 Å². The molecule has 84 valence electrons. The Bertz CT molecular complexity index is 425. The fourth-order valence-electron chi connectivity index (χ4n) is 1.33. The average Bonchev–Trinajstić information content (AvgIpc) is 2.82. The molecule has 5 heteroatoms. The third-order valence-electron chi connectivity index (χ3n) is 2.29. The van der Waals surface area contributed by atoms with Gasteiger partial charge in [0.25, 0.3) is 0 Å². The number of rotatable bonds is 4. The monoisotopic (exact) mass is 251 g/mol. The van der Waals surface area contributed by atoms with Crippen LogP contribution in [0.1, 0.15) is 24.9 Å². The van der Waals surface area contributed by atoms with Gasteiger partial charge in [-0.15, -0.1) is 10.2 Å². The van der Waals surface area contributed by atoms with E-state index in [4.69, 9.17) is 5.73 Å². The molecule has 1 aromatic heterocycles. The van der Waals surface area contributed by atoms with Gasteiger partial charge in [-0.1, -0.05) is 42.2 Å². The summed E-state index contributed by atoms with van der Waals surface area (Å²) >= 11 is 3.18. The van der Waals surface area contributed by atoms with Crippen molar-refractivity contribution in [3.8, 4) is 0 Å². The van der Waals surface area contributed by atoms with Gasteiger partial charge in [-0.3, -0.25) is 0 Å². The normalized spacial score (nSPS) is 12.6. The van der Waals surface area contributed by atoms with Gasteiger partial charge in [-0.05, 0) is 24.1 Å². The van der Waals surface area contributed by atoms with Crippen LogP contribution < -0.4 is 5.73 Å². The Kier molecular flexibility index (Phi) is 3.93. The van der Waals surface area contributed by atoms with E-state index < -0.39 is 0 Å². The number of hydrogen-bond acceptors (Lipinski definition) is 5. The molecule has 0 spiro atoms. The molecule has 0 aliphatic carbocycles. The van der Waals surface area contributed by atoms with Crippen LogP contribution in [0.5, 0.6) is 0 Å². The minimum atomic E-state index is 0.139. The predicted molar refractivity (Wildman–Crippen MR) is 67.7 cm³/mol. The van der Waals surface area contributed by atoms with Gasteiger partial charge in [0.05, 0.1) is 0 Å². The van der Waals surface area contributed by atoms with Crippen molar-refractivity contribution in [2.45, 2.75) is 28.6 Å². The van der Waals surface area contributed by atoms with Crippen LogP contribution in [0.25, 0.3) is 0 Å². The summed E-state index contributed by atoms with van der Waals surface area (Å²) in [6.07, 6.45) is 0.961. The topological polar surface area (TPSA) is 51.8 Å². The highest BCUT2D eigenvalue weighted by Crippen LogP contribution is 2.29. The zero-order valence-electron chi connectivity index (χ0n) is 8.96. The Morgan fingerprint density at radius 1 is 1.38 bits per heavy atom. The second-order valence-corrected chi connectivity index (χ2v) is 5.54. The summed E-state index contributed by atoms with van der Waals surface area (Å²) in [5, 5.41) is 7.80. The standard InChI is InChI=1S/C11H13N3S2/c1-2-10(12)8-3-5-9(6-4-8)16-11-14-13-7-15-11/h3-7,10H,2,12H2,1H3/t10-/m1/s1. The van der Waals surface area contributed by atoms with Crippen LogP contribution in [0.3, 0.4) is 0 Å². The summed E-state index contributed by atoms with van der Waals surface area (Å²) in [5.74, 6) is 0. The van der Waals surface area contributed by atoms with Crippen molar-refractivity contribution in [3.63, 3.8) is 0 Å². The van der Waals surface area contributed by atoms with Crippen LogP contribution in [-0.4, -0.2) is 10.2 Å². The molecule has 1 heterocycles. The molecule has 1 atom stereocenters. The molecular formula is C11H13N3S2. The van der Waals surface area contributed by atoms with E-state index in [9.17, 15) is 0 Å². The highest BCUT2D eigenvalue weighted by molar-refractivity contribution is 8.01. The van der Waals surface area contributed by atoms with Gasteiger partial charge in [0.1, 0.15) is 5.51 Å². The lowest BCUT2D eigenvalue weighted by Gasteiger charge is -2.09. The molecule has 1 aromatic carbocycles. The molecule has 0 radical (unpaired) electrons. The highest BCUT2D eigenvalue weighted by Gasteiger charge is 2.04. The van der Waals surface area contributed by atoms with E-state index >= 15 is 0 Å². The molecule has 0 amide bonds. The smallest absolute Gasteiger partial charge is 0.178 e. The summed E-state index contributed by atoms with van der Waals surface area (Å²) < 4.78 is 0.965. The maximum atomic E-state index is 5.95. The van der Waals surface area contributed by atoms with Crippen molar-refractivity contribution in [1.82, 2.24) is 10.2 Å². The Morgan fingerprint density at radius 3 is 2.69 bits per heavy atom. The van der Waals surface area contributed by atoms with Crippen LogP contribution >= 0.6 is 23.1 Å². The van der Waals surface area contributed by atoms with Crippen LogP contribution in [0.15, 0.2) is 39.0 Å². The van der Waals surface area contributed by atoms with Gasteiger partial charge in [-0.25, -0.2) is 0 Å². The minimum Gasteiger partial charge on any atom is -0.324 e. The second kappa shape index (κ2) is 5.43. The zero-order valence-corrected chi connectivity index (χ0v) is 10.6. The van der Waals surface area contributed by atoms with Gasteiger partial charge < -0.3 is 5.73 Å². The lowest BCUT2D eigenvalue weighted by atomic mass is 10.1. The molecule has 0 fully saturated rings. The van der Waals surface area contributed by atoms with Crippen molar-refractivity contribution in [2.24, 2.45) is 5.73 Å². The third-order valence-corrected chi connectivity index (χ3v) is 4.08. The predicted octanol–water partition coefficient (Wildman–Crippen LogP) is 3.10. The van der Waals surface area contributed by atoms with E-state index in [1.54, 1.807) is 28.6 Å². The molecule has 0 unspecified atom stereocenters. The molecule has 0 saturated carbocycles. The molecule has 2 rings (SSSR count). The first-order valence-electron chi connectivity index (χ1n) is 5.09. The summed E-state index contributed by atoms with van der Waals surface area (Å²) in [4.78, 5) is 1.17. The molecule has 0 bridgehead atoms. The Hall–Kier alpha value is -0.910. The van der Waals surface area contributed by atoms with Crippen LogP contribution in [0.2, 0.25) is 0 Å². The molecule has 2 N–H and O–H groups in total. The van der Waals surface area contributed by atoms with E-state index in [1.165, 1.54) is 10.5 Å². The van der Waals surface area contributed by atoms with Gasteiger partial charge >= 0.3 is 0 Å². The Morgan fingerprint density at radius 2 is 2.12 bits per heavy atom. The Labute approximate surface area is 103 Å². The molecule has 2 aromatic rings. The van der Waals surface area contributed by atoms with E-state index in [-0.39, 0.29) is 6.04 Å². The van der Waals surface area contributed by atoms with Crippen LogP contribution in [0.4, 0.5) is 0 Å². The van der Waals surface area contributed by atoms with Crippen molar-refractivity contribution < 1.29 is 0 Å². The van der Waals surface area contributed by atoms with E-state index in [2.05, 4.69) is 41.4 Å². The quantitative estimate of drug-likeness (QED) is 0.907. The molecule has 16 heavy (non-hydrogen) atoms. The van der Waals surface area contributed by atoms with Gasteiger partial charge in [0.2, 0.25) is 0 Å². The van der Waals surface area contributed by atoms with E-state index in [1.807, 2.05) is 0 Å². The van der Waals surface area contributed by atoms with Crippen molar-refractivity contribution in [3.05, 3.63) is 35.3 Å². The maximum Gasteiger partial charge on any atom is 0.178 e. The number of nitrogens with zero attached hydrogens (tertiary/aromatic N) is 2. The van der Waals surface area contributed by atoms with Crippen molar-refractivity contribution in [1.29, 1.82) is 0 Å². The number of nitrogens with two attached hydrogens (primary N) is 1. The first kappa shape index (κ1) is 11.6. The second-order valence-electron chi connectivity index (χ2n) is 3.39. The average molecular weight is 251 g/mol. The molecule has 0 saturated heterocycles. The van der Waals surface area contributed by atoms with Crippen molar-refractivity contribution >= 4 is 23.1 Å². The SMILES string of the molecule is CC[C@@H](N)c1ccc(Sc2nncs2)cc1. The minimum absolute atomic E-state index is 0.139. The van der Waals surface area contributed by atoms with Crippen LogP contribution in [0, 0.1) is 0 Å². The number of aromatic nitrogens is 2. The van der Waals surface area contributed by atoms with E-state index in [0.717, 1.165) is 10.8 Å². The Balaban J connectivity index is 2.07. The highest BCUT2D eigenvalue weighted by atomic mass is 32.2. The summed E-state index contributed by atoms with van der Waals surface area (Å²) in [7, 11) is 0. The van der Waals surface area contributed by atoms with Gasteiger partial charge in [0.15, 0.2) is 4.34 Å². The number of benzene rings is 1. The molecule has 3 nitrogen and oxygen atoms in total. The molecule has 0 aliphatic rings. The maximum absolute atomic E-state index is 5.95. The van der Waals surface area contributed by atoms with E-state index in [0.29, 0.717) is 0 Å². The third kappa shape index (κ3) is 2.81. The molecule has 0 aliphatic heterocycles. The lowest BCUT2D eigenvalue weighted by Crippen LogP contribution is -2.07. The largest absolute Gasteiger partial charge is 0.324 e. The summed E-state index contributed by atoms with van der Waals surface area (Å²) in [6, 6.07) is 8.46. The first-order valence-corrected chi connectivity index (χ1v) is 6.78. The first-order chi connectivity index (χ1) is 7.79.